The van der Waals surface area contributed by atoms with Crippen LogP contribution < -0.4 is 5.73 Å². The summed E-state index contributed by atoms with van der Waals surface area (Å²) < 4.78 is 0. The Morgan fingerprint density at radius 3 is 3.19 bits per heavy atom. The molecule has 16 heavy (non-hydrogen) atoms. The van der Waals surface area contributed by atoms with Gasteiger partial charge in [-0.1, -0.05) is 13.3 Å². The summed E-state index contributed by atoms with van der Waals surface area (Å²) in [6.07, 6.45) is 3.75. The summed E-state index contributed by atoms with van der Waals surface area (Å²) in [5, 5.41) is 2.22. The normalized spacial score (nSPS) is 18.4. The summed E-state index contributed by atoms with van der Waals surface area (Å²) in [5.74, 6) is 0.685. The maximum absolute atomic E-state index is 5.83. The van der Waals surface area contributed by atoms with Crippen LogP contribution in [0.2, 0.25) is 0 Å². The van der Waals surface area contributed by atoms with Gasteiger partial charge in [0.15, 0.2) is 0 Å². The summed E-state index contributed by atoms with van der Waals surface area (Å²) >= 11 is 1.91. The molecule has 1 aromatic rings. The molecule has 1 aromatic heterocycles. The van der Waals surface area contributed by atoms with Crippen LogP contribution in [0.3, 0.4) is 0 Å². The van der Waals surface area contributed by atoms with E-state index in [9.17, 15) is 0 Å². The lowest BCUT2D eigenvalue weighted by Gasteiger charge is -2.30. The monoisotopic (exact) mass is 238 g/mol. The van der Waals surface area contributed by atoms with Gasteiger partial charge in [0, 0.05) is 24.5 Å². The van der Waals surface area contributed by atoms with E-state index in [-0.39, 0.29) is 0 Å². The molecular weight excluding hydrogens is 216 g/mol. The van der Waals surface area contributed by atoms with Crippen LogP contribution in [0.4, 0.5) is 0 Å². The van der Waals surface area contributed by atoms with Crippen molar-refractivity contribution in [3.63, 3.8) is 0 Å². The standard InChI is InChI=1S/C13H22N2S/c1-2-3-11(8-14)9-15-6-4-13-12(10-15)5-7-16-13/h5,7,11H,2-4,6,8-10,14H2,1H3. The molecular formula is C13H22N2S. The number of nitrogens with zero attached hydrogens (tertiary/aromatic N) is 1. The zero-order chi connectivity index (χ0) is 11.4. The minimum Gasteiger partial charge on any atom is -0.330 e. The van der Waals surface area contributed by atoms with Gasteiger partial charge in [-0.3, -0.25) is 4.90 Å². The average Bonchev–Trinajstić information content (AvgIpc) is 2.75. The molecule has 0 amide bonds. The third-order valence-corrected chi connectivity index (χ3v) is 4.46. The van der Waals surface area contributed by atoms with Crippen LogP contribution in [0, 0.1) is 5.92 Å². The number of thiophene rings is 1. The van der Waals surface area contributed by atoms with E-state index in [1.165, 1.54) is 32.4 Å². The van der Waals surface area contributed by atoms with E-state index >= 15 is 0 Å². The van der Waals surface area contributed by atoms with Gasteiger partial charge in [-0.15, -0.1) is 11.3 Å². The molecule has 2 N–H and O–H groups in total. The van der Waals surface area contributed by atoms with Gasteiger partial charge in [-0.2, -0.15) is 0 Å². The number of nitrogens with two attached hydrogens (primary N) is 1. The molecule has 3 heteroatoms. The molecule has 1 unspecified atom stereocenters. The molecule has 2 nitrogen and oxygen atoms in total. The fraction of sp³-hybridized carbons (Fsp3) is 0.692. The predicted molar refractivity (Wildman–Crippen MR) is 70.8 cm³/mol. The van der Waals surface area contributed by atoms with Crippen molar-refractivity contribution >= 4 is 11.3 Å². The van der Waals surface area contributed by atoms with Crippen molar-refractivity contribution in [3.05, 3.63) is 21.9 Å². The summed E-state index contributed by atoms with van der Waals surface area (Å²) in [6.45, 7) is 6.61. The maximum Gasteiger partial charge on any atom is 0.0245 e. The number of rotatable bonds is 5. The van der Waals surface area contributed by atoms with E-state index in [2.05, 4.69) is 23.3 Å². The molecule has 0 aromatic carbocycles. The van der Waals surface area contributed by atoms with Crippen molar-refractivity contribution in [2.45, 2.75) is 32.7 Å². The van der Waals surface area contributed by atoms with Crippen molar-refractivity contribution in [1.29, 1.82) is 0 Å². The Balaban J connectivity index is 1.88. The Bertz CT molecular complexity index is 321. The van der Waals surface area contributed by atoms with Crippen LogP contribution in [-0.2, 0) is 13.0 Å². The van der Waals surface area contributed by atoms with Crippen LogP contribution in [0.5, 0.6) is 0 Å². The molecule has 2 rings (SSSR count). The quantitative estimate of drug-likeness (QED) is 0.854. The summed E-state index contributed by atoms with van der Waals surface area (Å²) in [7, 11) is 0. The number of hydrogen-bond donors (Lipinski definition) is 1. The van der Waals surface area contributed by atoms with Gasteiger partial charge in [-0.05, 0) is 42.3 Å². The van der Waals surface area contributed by atoms with Crippen LogP contribution in [-0.4, -0.2) is 24.5 Å². The van der Waals surface area contributed by atoms with Gasteiger partial charge in [0.25, 0.3) is 0 Å². The molecule has 0 aliphatic carbocycles. The Labute approximate surface area is 102 Å². The summed E-state index contributed by atoms with van der Waals surface area (Å²) in [4.78, 5) is 4.17. The molecule has 90 valence electrons. The number of fused-ring (bicyclic) bond motifs is 1. The van der Waals surface area contributed by atoms with E-state index in [1.807, 2.05) is 11.3 Å². The molecule has 0 spiro atoms. The number of hydrogen-bond acceptors (Lipinski definition) is 3. The highest BCUT2D eigenvalue weighted by molar-refractivity contribution is 7.10. The van der Waals surface area contributed by atoms with Gasteiger partial charge in [-0.25, -0.2) is 0 Å². The first-order valence-corrected chi connectivity index (χ1v) is 7.19. The van der Waals surface area contributed by atoms with E-state index in [1.54, 1.807) is 10.4 Å². The molecule has 1 aliphatic rings. The van der Waals surface area contributed by atoms with Gasteiger partial charge in [0.05, 0.1) is 0 Å². The fourth-order valence-corrected chi connectivity index (χ4v) is 3.41. The highest BCUT2D eigenvalue weighted by Gasteiger charge is 2.19. The first-order valence-electron chi connectivity index (χ1n) is 6.31. The van der Waals surface area contributed by atoms with Crippen molar-refractivity contribution in [1.82, 2.24) is 4.90 Å². The van der Waals surface area contributed by atoms with Crippen molar-refractivity contribution in [3.8, 4) is 0 Å². The Hall–Kier alpha value is -0.380. The lowest BCUT2D eigenvalue weighted by molar-refractivity contribution is 0.211. The van der Waals surface area contributed by atoms with Gasteiger partial charge in [0.2, 0.25) is 0 Å². The van der Waals surface area contributed by atoms with Crippen molar-refractivity contribution in [2.24, 2.45) is 11.7 Å². The molecule has 1 atom stereocenters. The Morgan fingerprint density at radius 2 is 2.44 bits per heavy atom. The predicted octanol–water partition coefficient (Wildman–Crippen LogP) is 2.48. The SMILES string of the molecule is CCCC(CN)CN1CCc2sccc2C1. The third kappa shape index (κ3) is 2.84. The first kappa shape index (κ1) is 12.1. The lowest BCUT2D eigenvalue weighted by atomic mass is 10.0. The highest BCUT2D eigenvalue weighted by atomic mass is 32.1. The van der Waals surface area contributed by atoms with Crippen LogP contribution in [0.25, 0.3) is 0 Å². The topological polar surface area (TPSA) is 29.3 Å². The molecule has 1 aliphatic heterocycles. The Kier molecular flexibility index (Phi) is 4.38. The fourth-order valence-electron chi connectivity index (χ4n) is 2.52. The second kappa shape index (κ2) is 5.80. The summed E-state index contributed by atoms with van der Waals surface area (Å²) in [6, 6.07) is 2.28. The second-order valence-corrected chi connectivity index (χ2v) is 5.75. The lowest BCUT2D eigenvalue weighted by Crippen LogP contribution is -2.36. The largest absolute Gasteiger partial charge is 0.330 e. The molecule has 0 fully saturated rings. The molecule has 0 saturated carbocycles. The van der Waals surface area contributed by atoms with Crippen molar-refractivity contribution in [2.75, 3.05) is 19.6 Å². The zero-order valence-electron chi connectivity index (χ0n) is 10.1. The van der Waals surface area contributed by atoms with Crippen LogP contribution in [0.15, 0.2) is 11.4 Å². The van der Waals surface area contributed by atoms with Crippen LogP contribution in [0.1, 0.15) is 30.2 Å². The van der Waals surface area contributed by atoms with Gasteiger partial charge in [0.1, 0.15) is 0 Å². The highest BCUT2D eigenvalue weighted by Crippen LogP contribution is 2.24. The van der Waals surface area contributed by atoms with E-state index in [0.717, 1.165) is 13.1 Å². The van der Waals surface area contributed by atoms with E-state index < -0.39 is 0 Å². The molecule has 0 radical (unpaired) electrons. The third-order valence-electron chi connectivity index (χ3n) is 3.43. The van der Waals surface area contributed by atoms with Crippen molar-refractivity contribution < 1.29 is 0 Å². The van der Waals surface area contributed by atoms with E-state index in [0.29, 0.717) is 5.92 Å². The summed E-state index contributed by atoms with van der Waals surface area (Å²) in [5.41, 5.74) is 7.37. The first-order chi connectivity index (χ1) is 7.83. The molecule has 0 bridgehead atoms. The average molecular weight is 238 g/mol. The minimum atomic E-state index is 0.685. The minimum absolute atomic E-state index is 0.685. The maximum atomic E-state index is 5.83. The molecule has 0 saturated heterocycles. The smallest absolute Gasteiger partial charge is 0.0245 e. The van der Waals surface area contributed by atoms with E-state index in [4.69, 9.17) is 5.73 Å². The van der Waals surface area contributed by atoms with Gasteiger partial charge >= 0.3 is 0 Å². The second-order valence-electron chi connectivity index (χ2n) is 4.74. The van der Waals surface area contributed by atoms with Gasteiger partial charge < -0.3 is 5.73 Å². The van der Waals surface area contributed by atoms with Crippen LogP contribution >= 0.6 is 11.3 Å². The molecule has 2 heterocycles. The zero-order valence-corrected chi connectivity index (χ0v) is 10.9. The Morgan fingerprint density at radius 1 is 1.56 bits per heavy atom.